The van der Waals surface area contributed by atoms with Gasteiger partial charge in [-0.15, -0.1) is 0 Å². The molecule has 0 aromatic rings. The van der Waals surface area contributed by atoms with Crippen LogP contribution in [0, 0.1) is 40.4 Å². The number of rotatable bonds is 6. The van der Waals surface area contributed by atoms with E-state index in [9.17, 15) is 5.11 Å². The van der Waals surface area contributed by atoms with Crippen LogP contribution in [0.15, 0.2) is 22.8 Å². The zero-order valence-electron chi connectivity index (χ0n) is 20.8. The van der Waals surface area contributed by atoms with Gasteiger partial charge in [0.1, 0.15) is 0 Å². The fourth-order valence-electron chi connectivity index (χ4n) is 8.56. The number of fused-ring (bicyclic) bond motifs is 4. The van der Waals surface area contributed by atoms with Gasteiger partial charge < -0.3 is 5.11 Å². The molecule has 0 spiro atoms. The first-order valence-corrected chi connectivity index (χ1v) is 13.3. The first kappa shape index (κ1) is 22.6. The molecule has 170 valence electrons. The molecular weight excluding hydrogens is 364 g/mol. The van der Waals surface area contributed by atoms with E-state index in [0.717, 1.165) is 48.9 Å². The predicted molar refractivity (Wildman–Crippen MR) is 128 cm³/mol. The van der Waals surface area contributed by atoms with E-state index in [0.29, 0.717) is 5.41 Å². The summed E-state index contributed by atoms with van der Waals surface area (Å²) in [5.41, 5.74) is 6.01. The van der Waals surface area contributed by atoms with Gasteiger partial charge in [0.25, 0.3) is 0 Å². The maximum absolute atomic E-state index is 10.2. The number of aliphatic hydroxyl groups is 1. The van der Waals surface area contributed by atoms with Gasteiger partial charge in [0.2, 0.25) is 0 Å². The molecule has 4 aliphatic rings. The minimum Gasteiger partial charge on any atom is -0.393 e. The average molecular weight is 413 g/mol. The van der Waals surface area contributed by atoms with Gasteiger partial charge >= 0.3 is 0 Å². The summed E-state index contributed by atoms with van der Waals surface area (Å²) < 4.78 is 0. The minimum absolute atomic E-state index is 0.102. The monoisotopic (exact) mass is 412 g/mol. The summed E-state index contributed by atoms with van der Waals surface area (Å²) in [7, 11) is 0. The molecule has 0 unspecified atom stereocenters. The van der Waals surface area contributed by atoms with Gasteiger partial charge in [0, 0.05) is 5.41 Å². The molecule has 4 aliphatic carbocycles. The highest BCUT2D eigenvalue weighted by Gasteiger charge is 2.54. The lowest BCUT2D eigenvalue weighted by Crippen LogP contribution is -2.42. The van der Waals surface area contributed by atoms with Crippen molar-refractivity contribution in [1.29, 1.82) is 0 Å². The largest absolute Gasteiger partial charge is 0.393 e. The van der Waals surface area contributed by atoms with Crippen molar-refractivity contribution in [2.24, 2.45) is 40.4 Å². The highest BCUT2D eigenvalue weighted by Crippen LogP contribution is 2.65. The quantitative estimate of drug-likeness (QED) is 0.437. The van der Waals surface area contributed by atoms with E-state index < -0.39 is 0 Å². The lowest BCUT2D eigenvalue weighted by Gasteiger charge is -2.52. The molecule has 0 aromatic carbocycles. The van der Waals surface area contributed by atoms with Crippen LogP contribution in [-0.4, -0.2) is 11.2 Å². The molecule has 0 bridgehead atoms. The van der Waals surface area contributed by atoms with Gasteiger partial charge in [-0.2, -0.15) is 0 Å². The van der Waals surface area contributed by atoms with Crippen molar-refractivity contribution < 1.29 is 5.11 Å². The van der Waals surface area contributed by atoms with Crippen LogP contribution in [0.25, 0.3) is 0 Å². The summed E-state index contributed by atoms with van der Waals surface area (Å²) in [5, 5.41) is 10.2. The Morgan fingerprint density at radius 3 is 2.53 bits per heavy atom. The van der Waals surface area contributed by atoms with Gasteiger partial charge in [-0.1, -0.05) is 77.2 Å². The molecule has 0 radical (unpaired) electrons. The van der Waals surface area contributed by atoms with Crippen LogP contribution >= 0.6 is 0 Å². The second-order valence-electron chi connectivity index (χ2n) is 12.4. The lowest BCUT2D eigenvalue weighted by atomic mass is 9.53. The van der Waals surface area contributed by atoms with Crippen molar-refractivity contribution in [2.75, 3.05) is 0 Å². The number of allylic oxidation sites excluding steroid dienone is 3. The van der Waals surface area contributed by atoms with Crippen LogP contribution < -0.4 is 0 Å². The van der Waals surface area contributed by atoms with Gasteiger partial charge in [0.15, 0.2) is 0 Å². The van der Waals surface area contributed by atoms with Gasteiger partial charge in [-0.25, -0.2) is 0 Å². The molecule has 0 saturated heterocycles. The highest BCUT2D eigenvalue weighted by molar-refractivity contribution is 5.43. The maximum Gasteiger partial charge on any atom is 0.0578 e. The van der Waals surface area contributed by atoms with E-state index in [1.807, 2.05) is 11.1 Å². The molecule has 1 N–H and O–H groups in total. The summed E-state index contributed by atoms with van der Waals surface area (Å²) in [4.78, 5) is 0. The van der Waals surface area contributed by atoms with Gasteiger partial charge in [-0.05, 0) is 92.8 Å². The highest BCUT2D eigenvalue weighted by atomic mass is 16.3. The fourth-order valence-corrected chi connectivity index (χ4v) is 8.56. The third kappa shape index (κ3) is 3.66. The van der Waals surface area contributed by atoms with Gasteiger partial charge in [-0.3, -0.25) is 0 Å². The normalized spacial score (nSPS) is 40.5. The minimum atomic E-state index is -0.102. The Morgan fingerprint density at radius 1 is 1.07 bits per heavy atom. The Hall–Kier alpha value is -0.560. The fraction of sp³-hybridized carbons (Fsp3) is 0.862. The molecular formula is C29H48O. The van der Waals surface area contributed by atoms with Crippen molar-refractivity contribution in [3.8, 4) is 0 Å². The number of hydrogen-bond donors (Lipinski definition) is 1. The van der Waals surface area contributed by atoms with E-state index in [4.69, 9.17) is 0 Å². The Bertz CT molecular complexity index is 699. The molecule has 7 atom stereocenters. The Kier molecular flexibility index (Phi) is 6.35. The zero-order chi connectivity index (χ0) is 21.7. The topological polar surface area (TPSA) is 20.2 Å². The zero-order valence-corrected chi connectivity index (χ0v) is 20.8. The van der Waals surface area contributed by atoms with Crippen LogP contribution in [0.5, 0.6) is 0 Å². The first-order valence-electron chi connectivity index (χ1n) is 13.3. The summed E-state index contributed by atoms with van der Waals surface area (Å²) in [6.45, 7) is 15.0. The third-order valence-electron chi connectivity index (χ3n) is 10.7. The van der Waals surface area contributed by atoms with Crippen LogP contribution in [0.1, 0.15) is 112 Å². The second kappa shape index (κ2) is 8.42. The summed E-state index contributed by atoms with van der Waals surface area (Å²) in [6.07, 6.45) is 16.5. The molecule has 2 fully saturated rings. The maximum atomic E-state index is 10.2. The van der Waals surface area contributed by atoms with Crippen molar-refractivity contribution in [3.63, 3.8) is 0 Å². The predicted octanol–water partition coefficient (Wildman–Crippen LogP) is 8.09. The van der Waals surface area contributed by atoms with Crippen molar-refractivity contribution >= 4 is 0 Å². The standard InChI is InChI=1S/C29H48O/c1-7-21(19(2)3)9-8-20(4)25-12-13-26-24-11-10-22-18-23(30)14-16-28(22,5)27(24)15-17-29(25,26)6/h10,19-21,23,25-26,30H,7-9,11-18H2,1-6H3/t20-,21-,23-,25-,26+,28+,29-/m1/s1. The lowest BCUT2D eigenvalue weighted by molar-refractivity contribution is 0.0845. The Balaban J connectivity index is 1.51. The van der Waals surface area contributed by atoms with E-state index in [-0.39, 0.29) is 11.5 Å². The Labute approximate surface area is 186 Å². The summed E-state index contributed by atoms with van der Waals surface area (Å²) in [6, 6.07) is 0. The molecule has 1 heteroatoms. The smallest absolute Gasteiger partial charge is 0.0578 e. The summed E-state index contributed by atoms with van der Waals surface area (Å²) >= 11 is 0. The second-order valence-corrected chi connectivity index (χ2v) is 12.4. The van der Waals surface area contributed by atoms with Crippen LogP contribution in [-0.2, 0) is 0 Å². The van der Waals surface area contributed by atoms with E-state index >= 15 is 0 Å². The third-order valence-corrected chi connectivity index (χ3v) is 10.7. The SMILES string of the molecule is CC[C@H](CC[C@@H](C)[C@H]1CC[C@H]2C3=C(CC[C@]12C)[C@@]1(C)CC[C@@H](O)CC1=CC3)C(C)C. The summed E-state index contributed by atoms with van der Waals surface area (Å²) in [5.74, 6) is 4.33. The first-order chi connectivity index (χ1) is 14.2. The molecule has 0 aliphatic heterocycles. The van der Waals surface area contributed by atoms with E-state index in [2.05, 4.69) is 47.6 Å². The van der Waals surface area contributed by atoms with Crippen LogP contribution in [0.4, 0.5) is 0 Å². The molecule has 30 heavy (non-hydrogen) atoms. The van der Waals surface area contributed by atoms with Crippen molar-refractivity contribution in [2.45, 2.75) is 118 Å². The van der Waals surface area contributed by atoms with Crippen molar-refractivity contribution in [3.05, 3.63) is 22.8 Å². The van der Waals surface area contributed by atoms with E-state index in [1.54, 1.807) is 5.57 Å². The molecule has 1 nitrogen and oxygen atoms in total. The molecule has 2 saturated carbocycles. The molecule has 0 amide bonds. The molecule has 0 heterocycles. The van der Waals surface area contributed by atoms with E-state index in [1.165, 1.54) is 51.4 Å². The molecule has 4 rings (SSSR count). The molecule has 0 aromatic heterocycles. The van der Waals surface area contributed by atoms with Gasteiger partial charge in [0.05, 0.1) is 6.10 Å². The number of hydrogen-bond acceptors (Lipinski definition) is 1. The number of aliphatic hydroxyl groups excluding tert-OH is 1. The van der Waals surface area contributed by atoms with Crippen molar-refractivity contribution in [1.82, 2.24) is 0 Å². The van der Waals surface area contributed by atoms with Crippen LogP contribution in [0.3, 0.4) is 0 Å². The van der Waals surface area contributed by atoms with Crippen LogP contribution in [0.2, 0.25) is 0 Å². The average Bonchev–Trinajstić information content (AvgIpc) is 3.06. The Morgan fingerprint density at radius 2 is 1.83 bits per heavy atom.